The fraction of sp³-hybridized carbons (Fsp3) is 0.474. The van der Waals surface area contributed by atoms with Crippen molar-refractivity contribution in [2.75, 3.05) is 26.7 Å². The largest absolute Gasteiger partial charge is 0.492 e. The van der Waals surface area contributed by atoms with E-state index in [-0.39, 0.29) is 11.9 Å². The van der Waals surface area contributed by atoms with Gasteiger partial charge in [-0.2, -0.15) is 5.10 Å². The van der Waals surface area contributed by atoms with Crippen LogP contribution in [-0.4, -0.2) is 53.4 Å². The minimum absolute atomic E-state index is 0.0346. The smallest absolute Gasteiger partial charge is 0.239 e. The molecule has 0 radical (unpaired) electrons. The molecule has 0 saturated carbocycles. The Morgan fingerprint density at radius 3 is 3.00 bits per heavy atom. The van der Waals surface area contributed by atoms with Gasteiger partial charge in [-0.05, 0) is 37.1 Å². The van der Waals surface area contributed by atoms with Gasteiger partial charge in [0.2, 0.25) is 5.91 Å². The molecule has 1 unspecified atom stereocenters. The van der Waals surface area contributed by atoms with E-state index in [9.17, 15) is 4.79 Å². The lowest BCUT2D eigenvalue weighted by Crippen LogP contribution is -2.48. The molecule has 1 amide bonds. The van der Waals surface area contributed by atoms with Gasteiger partial charge in [0.15, 0.2) is 0 Å². The fourth-order valence-corrected chi connectivity index (χ4v) is 3.07. The number of likely N-dealkylation sites (N-methyl/N-ethyl adjacent to an activating group) is 1. The first kappa shape index (κ1) is 17.5. The molecule has 1 aromatic carbocycles. The van der Waals surface area contributed by atoms with E-state index in [1.54, 1.807) is 9.58 Å². The zero-order valence-corrected chi connectivity index (χ0v) is 14.9. The molecule has 0 aliphatic carbocycles. The Morgan fingerprint density at radius 2 is 2.28 bits per heavy atom. The molecule has 1 N–H and O–H groups in total. The fourth-order valence-electron chi connectivity index (χ4n) is 3.07. The van der Waals surface area contributed by atoms with Crippen LogP contribution in [0.1, 0.15) is 19.3 Å². The molecule has 0 bridgehead atoms. The van der Waals surface area contributed by atoms with Gasteiger partial charge in [-0.1, -0.05) is 18.6 Å². The van der Waals surface area contributed by atoms with Crippen LogP contribution < -0.4 is 10.1 Å². The van der Waals surface area contributed by atoms with Gasteiger partial charge in [0, 0.05) is 25.9 Å². The number of piperidine rings is 1. The second-order valence-corrected chi connectivity index (χ2v) is 6.54. The number of aryl methyl sites for hydroxylation is 1. The molecule has 1 aliphatic rings. The van der Waals surface area contributed by atoms with Crippen molar-refractivity contribution in [3.63, 3.8) is 0 Å². The number of carbonyl (C=O) groups excluding carboxylic acids is 1. The topological polar surface area (TPSA) is 59.4 Å². The van der Waals surface area contributed by atoms with E-state index >= 15 is 0 Å². The Morgan fingerprint density at radius 1 is 1.40 bits per heavy atom. The van der Waals surface area contributed by atoms with E-state index in [1.807, 2.05) is 50.8 Å². The highest BCUT2D eigenvalue weighted by atomic mass is 16.5. The van der Waals surface area contributed by atoms with Gasteiger partial charge in [0.05, 0.1) is 18.8 Å². The molecule has 134 valence electrons. The number of amides is 1. The van der Waals surface area contributed by atoms with Gasteiger partial charge in [0.1, 0.15) is 12.4 Å². The van der Waals surface area contributed by atoms with E-state index in [1.165, 1.54) is 0 Å². The summed E-state index contributed by atoms with van der Waals surface area (Å²) in [5.74, 6) is 0.963. The van der Waals surface area contributed by atoms with Crippen LogP contribution in [0.25, 0.3) is 11.1 Å². The number of hydrogen-bond donors (Lipinski definition) is 1. The third kappa shape index (κ3) is 4.60. The lowest BCUT2D eigenvalue weighted by molar-refractivity contribution is -0.133. The van der Waals surface area contributed by atoms with Crippen LogP contribution in [0.15, 0.2) is 36.7 Å². The van der Waals surface area contributed by atoms with Crippen LogP contribution in [0.5, 0.6) is 5.75 Å². The van der Waals surface area contributed by atoms with E-state index in [4.69, 9.17) is 4.74 Å². The minimum atomic E-state index is -0.0346. The predicted octanol–water partition coefficient (Wildman–Crippen LogP) is 2.07. The molecule has 2 heterocycles. The molecule has 1 aromatic heterocycles. The Balaban J connectivity index is 1.51. The van der Waals surface area contributed by atoms with Gasteiger partial charge < -0.3 is 15.0 Å². The van der Waals surface area contributed by atoms with Crippen molar-refractivity contribution in [2.45, 2.75) is 25.3 Å². The highest BCUT2D eigenvalue weighted by Gasteiger charge is 2.23. The zero-order chi connectivity index (χ0) is 17.6. The van der Waals surface area contributed by atoms with Crippen LogP contribution in [0.4, 0.5) is 0 Å². The summed E-state index contributed by atoms with van der Waals surface area (Å²) in [7, 11) is 3.74. The molecular weight excluding hydrogens is 316 g/mol. The van der Waals surface area contributed by atoms with Crippen molar-refractivity contribution in [1.82, 2.24) is 20.0 Å². The molecule has 25 heavy (non-hydrogen) atoms. The van der Waals surface area contributed by atoms with Crippen molar-refractivity contribution in [3.8, 4) is 16.9 Å². The summed E-state index contributed by atoms with van der Waals surface area (Å²) in [6, 6.07) is 7.91. The minimum Gasteiger partial charge on any atom is -0.492 e. The zero-order valence-electron chi connectivity index (χ0n) is 14.9. The quantitative estimate of drug-likeness (QED) is 0.873. The number of nitrogens with one attached hydrogen (secondary N) is 1. The first-order valence-corrected chi connectivity index (χ1v) is 8.84. The molecule has 6 heteroatoms. The molecule has 6 nitrogen and oxygen atoms in total. The molecule has 1 fully saturated rings. The summed E-state index contributed by atoms with van der Waals surface area (Å²) in [6.45, 7) is 1.99. The Labute approximate surface area is 148 Å². The van der Waals surface area contributed by atoms with Crippen LogP contribution in [-0.2, 0) is 11.8 Å². The second-order valence-electron chi connectivity index (χ2n) is 6.54. The first-order chi connectivity index (χ1) is 12.1. The number of carbonyl (C=O) groups is 1. The molecule has 1 saturated heterocycles. The number of hydrogen-bond acceptors (Lipinski definition) is 4. The lowest BCUT2D eigenvalue weighted by atomic mass is 10.0. The van der Waals surface area contributed by atoms with Crippen LogP contribution >= 0.6 is 0 Å². The Hall–Kier alpha value is -2.34. The van der Waals surface area contributed by atoms with Crippen molar-refractivity contribution >= 4 is 5.91 Å². The van der Waals surface area contributed by atoms with Gasteiger partial charge >= 0.3 is 0 Å². The predicted molar refractivity (Wildman–Crippen MR) is 97.4 cm³/mol. The summed E-state index contributed by atoms with van der Waals surface area (Å²) < 4.78 is 7.62. The van der Waals surface area contributed by atoms with Crippen molar-refractivity contribution in [2.24, 2.45) is 7.05 Å². The van der Waals surface area contributed by atoms with Crippen LogP contribution in [0.2, 0.25) is 0 Å². The maximum Gasteiger partial charge on any atom is 0.239 e. The Bertz CT molecular complexity index is 707. The number of ether oxygens (including phenoxy) is 1. The molecule has 1 aliphatic heterocycles. The molecule has 1 atom stereocenters. The van der Waals surface area contributed by atoms with Gasteiger partial charge in [0.25, 0.3) is 0 Å². The highest BCUT2D eigenvalue weighted by molar-refractivity contribution is 5.81. The molecule has 3 rings (SSSR count). The monoisotopic (exact) mass is 342 g/mol. The van der Waals surface area contributed by atoms with E-state index in [0.29, 0.717) is 13.2 Å². The second kappa shape index (κ2) is 8.16. The molecule has 2 aromatic rings. The summed E-state index contributed by atoms with van der Waals surface area (Å²) >= 11 is 0. The average molecular weight is 342 g/mol. The Kier molecular flexibility index (Phi) is 5.71. The van der Waals surface area contributed by atoms with E-state index in [2.05, 4.69) is 10.4 Å². The van der Waals surface area contributed by atoms with Gasteiger partial charge in [-0.15, -0.1) is 0 Å². The van der Waals surface area contributed by atoms with E-state index in [0.717, 1.165) is 42.7 Å². The number of nitrogens with zero attached hydrogens (tertiary/aromatic N) is 3. The summed E-state index contributed by atoms with van der Waals surface area (Å²) in [6.07, 6.45) is 7.02. The van der Waals surface area contributed by atoms with Crippen molar-refractivity contribution in [3.05, 3.63) is 36.7 Å². The molecule has 0 spiro atoms. The summed E-state index contributed by atoms with van der Waals surface area (Å²) in [5, 5.41) is 7.49. The van der Waals surface area contributed by atoms with E-state index < -0.39 is 0 Å². The normalized spacial score (nSPS) is 17.3. The van der Waals surface area contributed by atoms with Gasteiger partial charge in [-0.3, -0.25) is 9.48 Å². The maximum atomic E-state index is 12.4. The highest BCUT2D eigenvalue weighted by Crippen LogP contribution is 2.23. The number of rotatable bonds is 6. The average Bonchev–Trinajstić information content (AvgIpc) is 3.08. The number of benzene rings is 1. The SMILES string of the molecule is CN(CCOc1cccc(-c2cnn(C)c2)c1)C(=O)C1CCCCN1. The third-order valence-electron chi connectivity index (χ3n) is 4.55. The maximum absolute atomic E-state index is 12.4. The molecular formula is C19H26N4O2. The van der Waals surface area contributed by atoms with Crippen molar-refractivity contribution < 1.29 is 9.53 Å². The third-order valence-corrected chi connectivity index (χ3v) is 4.55. The van der Waals surface area contributed by atoms with Crippen molar-refractivity contribution in [1.29, 1.82) is 0 Å². The van der Waals surface area contributed by atoms with Gasteiger partial charge in [-0.25, -0.2) is 0 Å². The number of aromatic nitrogens is 2. The summed E-state index contributed by atoms with van der Waals surface area (Å²) in [5.41, 5.74) is 2.13. The lowest BCUT2D eigenvalue weighted by Gasteiger charge is -2.27. The van der Waals surface area contributed by atoms with Crippen LogP contribution in [0, 0.1) is 0 Å². The van der Waals surface area contributed by atoms with Crippen LogP contribution in [0.3, 0.4) is 0 Å². The first-order valence-electron chi connectivity index (χ1n) is 8.84. The summed E-state index contributed by atoms with van der Waals surface area (Å²) in [4.78, 5) is 14.1. The standard InChI is InChI=1S/C19H26N4O2/c1-22(19(24)18-8-3-4-9-20-18)10-11-25-17-7-5-6-15(12-17)16-13-21-23(2)14-16/h5-7,12-14,18,20H,3-4,8-11H2,1-2H3.